The molecule has 2 nitrogen and oxygen atoms in total. The minimum atomic E-state index is -1.64. The first kappa shape index (κ1) is 16.1. The number of hydrogen-bond acceptors (Lipinski definition) is 2. The van der Waals surface area contributed by atoms with E-state index in [1.165, 1.54) is 0 Å². The van der Waals surface area contributed by atoms with Gasteiger partial charge >= 0.3 is 0 Å². The van der Waals surface area contributed by atoms with E-state index < -0.39 is 14.5 Å². The Bertz CT molecular complexity index is 192. The first-order valence-electron chi connectivity index (χ1n) is 6.19. The van der Waals surface area contributed by atoms with Crippen LogP contribution in [0.5, 0.6) is 0 Å². The molecule has 1 atom stereocenters. The molecule has 0 fully saturated rings. The molecule has 0 saturated carbocycles. The van der Waals surface area contributed by atoms with Crippen molar-refractivity contribution in [1.29, 1.82) is 0 Å². The van der Waals surface area contributed by atoms with Gasteiger partial charge in [0.05, 0.1) is 0 Å². The SMILES string of the molecule is CC(C)(C)[Si](C)(C)OCCC[C@@H](F)CCN. The van der Waals surface area contributed by atoms with E-state index in [1.54, 1.807) is 0 Å². The van der Waals surface area contributed by atoms with Gasteiger partial charge in [0.1, 0.15) is 6.17 Å². The van der Waals surface area contributed by atoms with Crippen molar-refractivity contribution in [2.24, 2.45) is 5.73 Å². The summed E-state index contributed by atoms with van der Waals surface area (Å²) in [5, 5.41) is 0.235. The maximum Gasteiger partial charge on any atom is 0.191 e. The van der Waals surface area contributed by atoms with E-state index in [0.29, 0.717) is 26.0 Å². The van der Waals surface area contributed by atoms with Crippen LogP contribution < -0.4 is 5.73 Å². The van der Waals surface area contributed by atoms with E-state index in [-0.39, 0.29) is 5.04 Å². The maximum atomic E-state index is 13.1. The van der Waals surface area contributed by atoms with Crippen molar-refractivity contribution < 1.29 is 8.82 Å². The van der Waals surface area contributed by atoms with Crippen molar-refractivity contribution in [1.82, 2.24) is 0 Å². The number of halogens is 1. The average molecular weight is 249 g/mol. The molecule has 0 aromatic carbocycles. The molecule has 98 valence electrons. The minimum absolute atomic E-state index is 0.235. The topological polar surface area (TPSA) is 35.2 Å². The van der Waals surface area contributed by atoms with Crippen LogP contribution >= 0.6 is 0 Å². The Hall–Kier alpha value is 0.0669. The lowest BCUT2D eigenvalue weighted by Crippen LogP contribution is -2.41. The van der Waals surface area contributed by atoms with Crippen molar-refractivity contribution in [3.05, 3.63) is 0 Å². The Balaban J connectivity index is 3.74. The van der Waals surface area contributed by atoms with Crippen LogP contribution in [0.3, 0.4) is 0 Å². The fraction of sp³-hybridized carbons (Fsp3) is 1.00. The summed E-state index contributed by atoms with van der Waals surface area (Å²) in [5.74, 6) is 0. The standard InChI is InChI=1S/C12H28FNOSi/c1-12(2,3)16(4,5)15-10-6-7-11(13)8-9-14/h11H,6-10,14H2,1-5H3/t11-/m1/s1. The molecule has 16 heavy (non-hydrogen) atoms. The molecule has 0 spiro atoms. The molecule has 0 unspecified atom stereocenters. The summed E-state index contributed by atoms with van der Waals surface area (Å²) in [6.07, 6.45) is 1.09. The van der Waals surface area contributed by atoms with E-state index in [1.807, 2.05) is 0 Å². The van der Waals surface area contributed by atoms with Gasteiger partial charge in [-0.3, -0.25) is 0 Å². The van der Waals surface area contributed by atoms with Gasteiger partial charge in [0.2, 0.25) is 0 Å². The van der Waals surface area contributed by atoms with E-state index in [9.17, 15) is 4.39 Å². The molecule has 0 aliphatic rings. The first-order valence-corrected chi connectivity index (χ1v) is 9.09. The zero-order chi connectivity index (χ0) is 12.8. The van der Waals surface area contributed by atoms with Gasteiger partial charge in [0.25, 0.3) is 0 Å². The predicted octanol–water partition coefficient (Wildman–Crippen LogP) is 3.48. The number of hydrogen-bond donors (Lipinski definition) is 1. The molecule has 0 aliphatic carbocycles. The van der Waals surface area contributed by atoms with Gasteiger partial charge < -0.3 is 10.2 Å². The van der Waals surface area contributed by atoms with Gasteiger partial charge in [-0.15, -0.1) is 0 Å². The zero-order valence-electron chi connectivity index (χ0n) is 11.5. The van der Waals surface area contributed by atoms with Crippen molar-refractivity contribution >= 4 is 8.32 Å². The van der Waals surface area contributed by atoms with Crippen LogP contribution in [0, 0.1) is 0 Å². The molecular formula is C12H28FNOSi. The second kappa shape index (κ2) is 6.72. The lowest BCUT2D eigenvalue weighted by atomic mass is 10.2. The lowest BCUT2D eigenvalue weighted by molar-refractivity contribution is 0.239. The van der Waals surface area contributed by atoms with Crippen molar-refractivity contribution in [3.63, 3.8) is 0 Å². The zero-order valence-corrected chi connectivity index (χ0v) is 12.5. The van der Waals surface area contributed by atoms with Crippen LogP contribution in [0.2, 0.25) is 18.1 Å². The normalized spacial score (nSPS) is 15.2. The number of nitrogens with two attached hydrogens (primary N) is 1. The summed E-state index contributed by atoms with van der Waals surface area (Å²) in [5.41, 5.74) is 5.30. The highest BCUT2D eigenvalue weighted by Gasteiger charge is 2.36. The molecule has 0 aromatic rings. The van der Waals surface area contributed by atoms with Gasteiger partial charge in [-0.2, -0.15) is 0 Å². The Kier molecular flexibility index (Phi) is 6.75. The fourth-order valence-electron chi connectivity index (χ4n) is 1.17. The molecule has 0 amide bonds. The highest BCUT2D eigenvalue weighted by atomic mass is 28.4. The Morgan fingerprint density at radius 2 is 1.81 bits per heavy atom. The predicted molar refractivity (Wildman–Crippen MR) is 71.0 cm³/mol. The van der Waals surface area contributed by atoms with Gasteiger partial charge in [-0.25, -0.2) is 4.39 Å². The molecule has 0 aliphatic heterocycles. The van der Waals surface area contributed by atoms with Crippen LogP contribution in [0.25, 0.3) is 0 Å². The van der Waals surface area contributed by atoms with Gasteiger partial charge in [0.15, 0.2) is 8.32 Å². The van der Waals surface area contributed by atoms with Crippen LogP contribution in [-0.2, 0) is 4.43 Å². The number of rotatable bonds is 7. The molecule has 0 bridgehead atoms. The largest absolute Gasteiger partial charge is 0.417 e. The van der Waals surface area contributed by atoms with Crippen LogP contribution in [0.4, 0.5) is 4.39 Å². The van der Waals surface area contributed by atoms with Crippen LogP contribution in [0.15, 0.2) is 0 Å². The fourth-order valence-corrected chi connectivity index (χ4v) is 2.26. The summed E-state index contributed by atoms with van der Waals surface area (Å²) < 4.78 is 19.1. The van der Waals surface area contributed by atoms with Crippen molar-refractivity contribution in [3.8, 4) is 0 Å². The monoisotopic (exact) mass is 249 g/mol. The van der Waals surface area contributed by atoms with Crippen molar-refractivity contribution in [2.75, 3.05) is 13.2 Å². The summed E-state index contributed by atoms with van der Waals surface area (Å²) >= 11 is 0. The Labute approximate surface area is 101 Å². The van der Waals surface area contributed by atoms with Gasteiger partial charge in [0, 0.05) is 6.61 Å². The van der Waals surface area contributed by atoms with Crippen molar-refractivity contribution in [2.45, 2.75) is 64.3 Å². The third kappa shape index (κ3) is 5.96. The summed E-state index contributed by atoms with van der Waals surface area (Å²) in [6.45, 7) is 12.2. The summed E-state index contributed by atoms with van der Waals surface area (Å²) in [6, 6.07) is 0. The molecule has 0 aromatic heterocycles. The molecule has 0 rings (SSSR count). The molecule has 2 N–H and O–H groups in total. The quantitative estimate of drug-likeness (QED) is 0.554. The van der Waals surface area contributed by atoms with Gasteiger partial charge in [-0.05, 0) is 43.9 Å². The summed E-state index contributed by atoms with van der Waals surface area (Å²) in [4.78, 5) is 0. The Morgan fingerprint density at radius 1 is 1.25 bits per heavy atom. The lowest BCUT2D eigenvalue weighted by Gasteiger charge is -2.36. The van der Waals surface area contributed by atoms with Crippen LogP contribution in [-0.4, -0.2) is 27.6 Å². The molecule has 0 saturated heterocycles. The highest BCUT2D eigenvalue weighted by Crippen LogP contribution is 2.36. The second-order valence-electron chi connectivity index (χ2n) is 5.93. The molecular weight excluding hydrogens is 221 g/mol. The van der Waals surface area contributed by atoms with Gasteiger partial charge in [-0.1, -0.05) is 20.8 Å². The molecule has 0 heterocycles. The third-order valence-corrected chi connectivity index (χ3v) is 7.95. The third-order valence-electron chi connectivity index (χ3n) is 3.41. The summed E-state index contributed by atoms with van der Waals surface area (Å²) in [7, 11) is -1.64. The minimum Gasteiger partial charge on any atom is -0.417 e. The van der Waals surface area contributed by atoms with E-state index in [0.717, 1.165) is 6.42 Å². The van der Waals surface area contributed by atoms with E-state index >= 15 is 0 Å². The highest BCUT2D eigenvalue weighted by molar-refractivity contribution is 6.74. The Morgan fingerprint density at radius 3 is 2.25 bits per heavy atom. The maximum absolute atomic E-state index is 13.1. The first-order chi connectivity index (χ1) is 7.20. The second-order valence-corrected chi connectivity index (χ2v) is 10.7. The van der Waals surface area contributed by atoms with E-state index in [4.69, 9.17) is 10.2 Å². The van der Waals surface area contributed by atoms with Crippen LogP contribution in [0.1, 0.15) is 40.0 Å². The smallest absolute Gasteiger partial charge is 0.191 e. The van der Waals surface area contributed by atoms with E-state index in [2.05, 4.69) is 33.9 Å². The average Bonchev–Trinajstić information content (AvgIpc) is 2.11. The molecule has 0 radical (unpaired) electrons. The molecule has 4 heteroatoms. The number of alkyl halides is 1.